The molecule has 1 aromatic carbocycles. The van der Waals surface area contributed by atoms with Gasteiger partial charge < -0.3 is 14.9 Å². The number of hydrogen-bond donors (Lipinski definition) is 1. The molecule has 0 heterocycles. The van der Waals surface area contributed by atoms with Crippen LogP contribution in [-0.4, -0.2) is 43.2 Å². The molecule has 1 N–H and O–H groups in total. The lowest BCUT2D eigenvalue weighted by Crippen LogP contribution is -2.40. The summed E-state index contributed by atoms with van der Waals surface area (Å²) in [4.78, 5) is 4.35. The van der Waals surface area contributed by atoms with E-state index >= 15 is 0 Å². The standard InChI is InChI=1S/C16H27FN2O/c1-7-19(12(3)10-18(5)6)16-8-11(2)15(17)9-14(16)13(4)20/h8-9,12-13,20H,7,10H2,1-6H3. The van der Waals surface area contributed by atoms with Gasteiger partial charge in [-0.1, -0.05) is 0 Å². The van der Waals surface area contributed by atoms with Crippen LogP contribution in [0, 0.1) is 12.7 Å². The molecule has 2 atom stereocenters. The fraction of sp³-hybridized carbons (Fsp3) is 0.625. The Morgan fingerprint density at radius 3 is 2.30 bits per heavy atom. The molecule has 0 bridgehead atoms. The Bertz CT molecular complexity index is 446. The van der Waals surface area contributed by atoms with Crippen molar-refractivity contribution in [3.63, 3.8) is 0 Å². The second-order valence-corrected chi connectivity index (χ2v) is 5.73. The van der Waals surface area contributed by atoms with Crippen LogP contribution < -0.4 is 4.90 Å². The van der Waals surface area contributed by atoms with Gasteiger partial charge in [-0.2, -0.15) is 0 Å². The Morgan fingerprint density at radius 2 is 1.85 bits per heavy atom. The molecule has 0 aromatic heterocycles. The molecule has 0 saturated heterocycles. The van der Waals surface area contributed by atoms with E-state index in [1.54, 1.807) is 13.8 Å². The number of nitrogens with zero attached hydrogens (tertiary/aromatic N) is 2. The molecule has 0 spiro atoms. The van der Waals surface area contributed by atoms with Crippen LogP contribution in [-0.2, 0) is 0 Å². The topological polar surface area (TPSA) is 26.7 Å². The van der Waals surface area contributed by atoms with E-state index < -0.39 is 6.10 Å². The molecule has 114 valence electrons. The predicted molar refractivity (Wildman–Crippen MR) is 82.8 cm³/mol. The minimum absolute atomic E-state index is 0.263. The van der Waals surface area contributed by atoms with Gasteiger partial charge in [-0.25, -0.2) is 4.39 Å². The fourth-order valence-electron chi connectivity index (χ4n) is 2.61. The molecule has 1 aromatic rings. The summed E-state index contributed by atoms with van der Waals surface area (Å²) >= 11 is 0. The molecule has 4 heteroatoms. The summed E-state index contributed by atoms with van der Waals surface area (Å²) in [5.41, 5.74) is 2.19. The summed E-state index contributed by atoms with van der Waals surface area (Å²) in [6.45, 7) is 9.39. The van der Waals surface area contributed by atoms with Crippen molar-refractivity contribution in [2.45, 2.75) is 39.8 Å². The van der Waals surface area contributed by atoms with Crippen molar-refractivity contribution >= 4 is 5.69 Å². The van der Waals surface area contributed by atoms with E-state index in [-0.39, 0.29) is 11.9 Å². The van der Waals surface area contributed by atoms with Crippen molar-refractivity contribution in [3.8, 4) is 0 Å². The summed E-state index contributed by atoms with van der Waals surface area (Å²) in [6.07, 6.45) is -0.680. The molecule has 0 aliphatic carbocycles. The van der Waals surface area contributed by atoms with E-state index in [9.17, 15) is 9.50 Å². The molecule has 0 saturated carbocycles. The number of hydrogen-bond acceptors (Lipinski definition) is 3. The number of benzene rings is 1. The zero-order chi connectivity index (χ0) is 15.4. The molecule has 2 unspecified atom stereocenters. The molecule has 20 heavy (non-hydrogen) atoms. The van der Waals surface area contributed by atoms with Crippen LogP contribution in [0.4, 0.5) is 10.1 Å². The van der Waals surface area contributed by atoms with Gasteiger partial charge in [0.2, 0.25) is 0 Å². The Kier molecular flexibility index (Phi) is 5.96. The first-order valence-corrected chi connectivity index (χ1v) is 7.17. The maximum atomic E-state index is 13.8. The number of likely N-dealkylation sites (N-methyl/N-ethyl adjacent to an activating group) is 2. The zero-order valence-corrected chi connectivity index (χ0v) is 13.4. The third-order valence-electron chi connectivity index (χ3n) is 3.57. The number of halogens is 1. The zero-order valence-electron chi connectivity index (χ0n) is 13.4. The van der Waals surface area contributed by atoms with E-state index in [1.807, 2.05) is 20.2 Å². The maximum absolute atomic E-state index is 13.8. The lowest BCUT2D eigenvalue weighted by atomic mass is 10.0. The number of aliphatic hydroxyl groups excluding tert-OH is 1. The summed E-state index contributed by atoms with van der Waals surface area (Å²) in [5.74, 6) is -0.263. The predicted octanol–water partition coefficient (Wildman–Crippen LogP) is 2.96. The smallest absolute Gasteiger partial charge is 0.126 e. The number of anilines is 1. The highest BCUT2D eigenvalue weighted by Gasteiger charge is 2.20. The van der Waals surface area contributed by atoms with Gasteiger partial charge in [-0.15, -0.1) is 0 Å². The Balaban J connectivity index is 3.23. The maximum Gasteiger partial charge on any atom is 0.126 e. The minimum atomic E-state index is -0.680. The van der Waals surface area contributed by atoms with E-state index in [0.29, 0.717) is 11.1 Å². The van der Waals surface area contributed by atoms with Crippen molar-refractivity contribution in [1.29, 1.82) is 0 Å². The van der Waals surface area contributed by atoms with E-state index in [4.69, 9.17) is 0 Å². The first-order valence-electron chi connectivity index (χ1n) is 7.17. The molecule has 0 fully saturated rings. The molecule has 0 amide bonds. The lowest BCUT2D eigenvalue weighted by Gasteiger charge is -2.34. The molecule has 3 nitrogen and oxygen atoms in total. The second-order valence-electron chi connectivity index (χ2n) is 5.73. The van der Waals surface area contributed by atoms with Crippen LogP contribution in [0.15, 0.2) is 12.1 Å². The van der Waals surface area contributed by atoms with Gasteiger partial charge in [0.15, 0.2) is 0 Å². The average Bonchev–Trinajstić information content (AvgIpc) is 2.32. The van der Waals surface area contributed by atoms with Gasteiger partial charge >= 0.3 is 0 Å². The molecular weight excluding hydrogens is 255 g/mol. The van der Waals surface area contributed by atoms with Gasteiger partial charge in [-0.05, 0) is 59.5 Å². The van der Waals surface area contributed by atoms with Crippen LogP contribution in [0.1, 0.15) is 38.0 Å². The van der Waals surface area contributed by atoms with Crippen LogP contribution in [0.25, 0.3) is 0 Å². The first-order chi connectivity index (χ1) is 9.27. The normalized spacial score (nSPS) is 14.4. The Morgan fingerprint density at radius 1 is 1.25 bits per heavy atom. The summed E-state index contributed by atoms with van der Waals surface area (Å²) in [5, 5.41) is 9.92. The highest BCUT2D eigenvalue weighted by molar-refractivity contribution is 5.57. The highest BCUT2D eigenvalue weighted by Crippen LogP contribution is 2.30. The third kappa shape index (κ3) is 3.93. The third-order valence-corrected chi connectivity index (χ3v) is 3.57. The largest absolute Gasteiger partial charge is 0.389 e. The van der Waals surface area contributed by atoms with Crippen molar-refractivity contribution in [2.75, 3.05) is 32.1 Å². The van der Waals surface area contributed by atoms with Gasteiger partial charge in [0.25, 0.3) is 0 Å². The molecule has 0 aliphatic heterocycles. The van der Waals surface area contributed by atoms with Crippen LogP contribution >= 0.6 is 0 Å². The summed E-state index contributed by atoms with van der Waals surface area (Å²) < 4.78 is 13.8. The lowest BCUT2D eigenvalue weighted by molar-refractivity contribution is 0.199. The van der Waals surface area contributed by atoms with Gasteiger partial charge in [0, 0.05) is 30.4 Å². The first kappa shape index (κ1) is 16.9. The van der Waals surface area contributed by atoms with E-state index in [2.05, 4.69) is 23.6 Å². The Labute approximate surface area is 122 Å². The SMILES string of the molecule is CCN(c1cc(C)c(F)cc1C(C)O)C(C)CN(C)C. The number of aryl methyl sites for hydroxylation is 1. The van der Waals surface area contributed by atoms with Crippen molar-refractivity contribution in [1.82, 2.24) is 4.90 Å². The monoisotopic (exact) mass is 282 g/mol. The van der Waals surface area contributed by atoms with Crippen LogP contribution in [0.3, 0.4) is 0 Å². The second kappa shape index (κ2) is 7.04. The van der Waals surface area contributed by atoms with Gasteiger partial charge in [-0.3, -0.25) is 0 Å². The van der Waals surface area contributed by atoms with Crippen molar-refractivity contribution < 1.29 is 9.50 Å². The number of rotatable bonds is 6. The van der Waals surface area contributed by atoms with Crippen molar-refractivity contribution in [2.24, 2.45) is 0 Å². The fourth-order valence-corrected chi connectivity index (χ4v) is 2.61. The summed E-state index contributed by atoms with van der Waals surface area (Å²) in [7, 11) is 4.08. The quantitative estimate of drug-likeness (QED) is 0.869. The van der Waals surface area contributed by atoms with E-state index in [1.165, 1.54) is 6.07 Å². The van der Waals surface area contributed by atoms with Gasteiger partial charge in [0.1, 0.15) is 5.82 Å². The molecule has 0 radical (unpaired) electrons. The summed E-state index contributed by atoms with van der Waals surface area (Å²) in [6, 6.07) is 3.59. The average molecular weight is 282 g/mol. The highest BCUT2D eigenvalue weighted by atomic mass is 19.1. The molecule has 0 aliphatic rings. The molecule has 1 rings (SSSR count). The van der Waals surface area contributed by atoms with E-state index in [0.717, 1.165) is 18.8 Å². The Hall–Kier alpha value is -1.13. The molecular formula is C16H27FN2O. The van der Waals surface area contributed by atoms with Crippen LogP contribution in [0.5, 0.6) is 0 Å². The van der Waals surface area contributed by atoms with Crippen molar-refractivity contribution in [3.05, 3.63) is 29.1 Å². The van der Waals surface area contributed by atoms with Gasteiger partial charge in [0.05, 0.1) is 6.10 Å². The minimum Gasteiger partial charge on any atom is -0.389 e. The van der Waals surface area contributed by atoms with Crippen LogP contribution in [0.2, 0.25) is 0 Å². The number of aliphatic hydroxyl groups is 1.